The summed E-state index contributed by atoms with van der Waals surface area (Å²) < 4.78 is 17.0. The molecule has 6 nitrogen and oxygen atoms in total. The summed E-state index contributed by atoms with van der Waals surface area (Å²) in [6.07, 6.45) is 4.68. The summed E-state index contributed by atoms with van der Waals surface area (Å²) in [5.41, 5.74) is 7.29. The second-order valence-corrected chi connectivity index (χ2v) is 7.75. The highest BCUT2D eigenvalue weighted by atomic mass is 35.5. The summed E-state index contributed by atoms with van der Waals surface area (Å²) in [7, 11) is 3.19. The monoisotopic (exact) mass is 432 g/mol. The van der Waals surface area contributed by atoms with Crippen molar-refractivity contribution in [1.29, 1.82) is 0 Å². The van der Waals surface area contributed by atoms with E-state index in [2.05, 4.69) is 0 Å². The number of ether oxygens (including phenoxy) is 3. The van der Waals surface area contributed by atoms with E-state index in [4.69, 9.17) is 19.9 Å². The van der Waals surface area contributed by atoms with Crippen LogP contribution in [-0.4, -0.2) is 37.6 Å². The number of hydrogen-bond donors (Lipinski definition) is 1. The Hall–Kier alpha value is -2.44. The third kappa shape index (κ3) is 4.20. The topological polar surface area (TPSA) is 74.0 Å². The Kier molecular flexibility index (Phi) is 7.10. The quantitative estimate of drug-likeness (QED) is 0.732. The van der Waals surface area contributed by atoms with E-state index >= 15 is 0 Å². The van der Waals surface area contributed by atoms with E-state index in [0.717, 1.165) is 24.9 Å². The van der Waals surface area contributed by atoms with Crippen LogP contribution >= 0.6 is 12.4 Å². The maximum Gasteiger partial charge on any atom is 0.254 e. The van der Waals surface area contributed by atoms with Gasteiger partial charge in [0.05, 0.1) is 19.8 Å². The molecule has 1 saturated heterocycles. The third-order valence-electron chi connectivity index (χ3n) is 6.06. The van der Waals surface area contributed by atoms with Crippen LogP contribution in [-0.2, 0) is 6.54 Å². The molecular formula is C23H29ClN2O4. The summed E-state index contributed by atoms with van der Waals surface area (Å²) >= 11 is 0. The molecule has 162 valence electrons. The standard InChI is InChI=1S/C23H28N2O4.ClH/c1-27-19-7-4-8-20(18(19)13-24)29-22-12-16(9-10-21(22)28-2)23(26)25-14-15-5-3-6-17(25)11-15;/h4,7-10,12,15,17H,3,5-6,11,13-14,24H2,1-2H3;1H/t15-,17+;/m1./s1. The predicted octanol–water partition coefficient (Wildman–Crippen LogP) is 4.39. The smallest absolute Gasteiger partial charge is 0.254 e. The lowest BCUT2D eigenvalue weighted by molar-refractivity contribution is 0.0733. The van der Waals surface area contributed by atoms with Gasteiger partial charge in [-0.25, -0.2) is 0 Å². The van der Waals surface area contributed by atoms with E-state index in [0.29, 0.717) is 40.5 Å². The van der Waals surface area contributed by atoms with Crippen molar-refractivity contribution in [3.63, 3.8) is 0 Å². The Balaban J connectivity index is 0.00000256. The van der Waals surface area contributed by atoms with Crippen LogP contribution in [0.15, 0.2) is 36.4 Å². The van der Waals surface area contributed by atoms with Crippen molar-refractivity contribution in [2.75, 3.05) is 20.8 Å². The fourth-order valence-corrected chi connectivity index (χ4v) is 4.59. The molecule has 2 bridgehead atoms. The van der Waals surface area contributed by atoms with Crippen molar-refractivity contribution in [2.24, 2.45) is 11.7 Å². The Morgan fingerprint density at radius 1 is 1.07 bits per heavy atom. The van der Waals surface area contributed by atoms with Crippen molar-refractivity contribution in [3.05, 3.63) is 47.5 Å². The molecule has 0 radical (unpaired) electrons. The lowest BCUT2D eigenvalue weighted by Gasteiger charge is -2.25. The normalized spacial score (nSPS) is 19.8. The van der Waals surface area contributed by atoms with E-state index < -0.39 is 0 Å². The van der Waals surface area contributed by atoms with Gasteiger partial charge in [0.1, 0.15) is 11.5 Å². The molecule has 1 saturated carbocycles. The van der Waals surface area contributed by atoms with Gasteiger partial charge < -0.3 is 24.8 Å². The molecule has 1 amide bonds. The predicted molar refractivity (Wildman–Crippen MR) is 118 cm³/mol. The van der Waals surface area contributed by atoms with Crippen LogP contribution in [0.4, 0.5) is 0 Å². The molecule has 1 aliphatic carbocycles. The number of nitrogens with two attached hydrogens (primary N) is 1. The molecule has 0 unspecified atom stereocenters. The molecule has 2 aromatic carbocycles. The van der Waals surface area contributed by atoms with Gasteiger partial charge >= 0.3 is 0 Å². The molecule has 30 heavy (non-hydrogen) atoms. The largest absolute Gasteiger partial charge is 0.496 e. The zero-order chi connectivity index (χ0) is 20.4. The number of nitrogens with zero attached hydrogens (tertiary/aromatic N) is 1. The molecular weight excluding hydrogens is 404 g/mol. The maximum atomic E-state index is 13.2. The van der Waals surface area contributed by atoms with Crippen LogP contribution in [0, 0.1) is 5.92 Å². The molecule has 2 N–H and O–H groups in total. The number of carbonyl (C=O) groups is 1. The minimum Gasteiger partial charge on any atom is -0.496 e. The van der Waals surface area contributed by atoms with Crippen LogP contribution in [0.1, 0.15) is 41.6 Å². The third-order valence-corrected chi connectivity index (χ3v) is 6.06. The molecule has 2 aromatic rings. The van der Waals surface area contributed by atoms with Gasteiger partial charge in [0.25, 0.3) is 5.91 Å². The van der Waals surface area contributed by atoms with Gasteiger partial charge in [-0.1, -0.05) is 12.5 Å². The minimum absolute atomic E-state index is 0. The Morgan fingerprint density at radius 3 is 2.53 bits per heavy atom. The average Bonchev–Trinajstić information content (AvgIpc) is 3.05. The molecule has 0 spiro atoms. The minimum atomic E-state index is 0. The van der Waals surface area contributed by atoms with Crippen LogP contribution in [0.3, 0.4) is 0 Å². The summed E-state index contributed by atoms with van der Waals surface area (Å²) in [5.74, 6) is 3.02. The average molecular weight is 433 g/mol. The number of halogens is 1. The maximum absolute atomic E-state index is 13.2. The first kappa shape index (κ1) is 22.2. The number of amides is 1. The fourth-order valence-electron chi connectivity index (χ4n) is 4.59. The zero-order valence-corrected chi connectivity index (χ0v) is 18.2. The molecule has 2 aliphatic rings. The van der Waals surface area contributed by atoms with Gasteiger partial charge in [0.15, 0.2) is 11.5 Å². The second kappa shape index (κ2) is 9.58. The number of fused-ring (bicyclic) bond motifs is 2. The number of benzene rings is 2. The highest BCUT2D eigenvalue weighted by Crippen LogP contribution is 2.39. The SMILES string of the molecule is COc1ccc(C(=O)N2C[C@@H]3CCC[C@H]2C3)cc1Oc1cccc(OC)c1CN.Cl. The van der Waals surface area contributed by atoms with E-state index in [1.807, 2.05) is 29.2 Å². The molecule has 2 atom stereocenters. The van der Waals surface area contributed by atoms with E-state index in [1.54, 1.807) is 26.4 Å². The van der Waals surface area contributed by atoms with Crippen molar-refractivity contribution in [1.82, 2.24) is 4.90 Å². The first-order chi connectivity index (χ1) is 14.1. The summed E-state index contributed by atoms with van der Waals surface area (Å²) in [6, 6.07) is 11.3. The first-order valence-electron chi connectivity index (χ1n) is 10.2. The summed E-state index contributed by atoms with van der Waals surface area (Å²) in [5, 5.41) is 0. The summed E-state index contributed by atoms with van der Waals surface area (Å²) in [6.45, 7) is 1.13. The van der Waals surface area contributed by atoms with Gasteiger partial charge in [-0.05, 0) is 55.5 Å². The lowest BCUT2D eigenvalue weighted by Crippen LogP contribution is -2.35. The Labute approximate surface area is 183 Å². The Morgan fingerprint density at radius 2 is 1.83 bits per heavy atom. The van der Waals surface area contributed by atoms with Crippen molar-refractivity contribution in [2.45, 2.75) is 38.3 Å². The highest BCUT2D eigenvalue weighted by Gasteiger charge is 2.38. The van der Waals surface area contributed by atoms with Gasteiger partial charge in [0, 0.05) is 24.7 Å². The van der Waals surface area contributed by atoms with E-state index in [-0.39, 0.29) is 24.9 Å². The number of hydrogen-bond acceptors (Lipinski definition) is 5. The molecule has 0 aromatic heterocycles. The van der Waals surface area contributed by atoms with Crippen molar-refractivity contribution < 1.29 is 19.0 Å². The van der Waals surface area contributed by atoms with Crippen molar-refractivity contribution >= 4 is 18.3 Å². The molecule has 1 heterocycles. The second-order valence-electron chi connectivity index (χ2n) is 7.75. The van der Waals surface area contributed by atoms with E-state index in [9.17, 15) is 4.79 Å². The number of likely N-dealkylation sites (tertiary alicyclic amines) is 1. The molecule has 1 aliphatic heterocycles. The van der Waals surface area contributed by atoms with Crippen LogP contribution in [0.25, 0.3) is 0 Å². The number of methoxy groups -OCH3 is 2. The molecule has 7 heteroatoms. The van der Waals surface area contributed by atoms with Crippen LogP contribution < -0.4 is 19.9 Å². The number of carbonyl (C=O) groups excluding carboxylic acids is 1. The lowest BCUT2D eigenvalue weighted by atomic mass is 9.90. The van der Waals surface area contributed by atoms with Gasteiger partial charge in [0.2, 0.25) is 0 Å². The van der Waals surface area contributed by atoms with Crippen LogP contribution in [0.2, 0.25) is 0 Å². The van der Waals surface area contributed by atoms with Gasteiger partial charge in [-0.15, -0.1) is 12.4 Å². The van der Waals surface area contributed by atoms with Gasteiger partial charge in [-0.2, -0.15) is 0 Å². The van der Waals surface area contributed by atoms with Gasteiger partial charge in [-0.3, -0.25) is 4.79 Å². The molecule has 2 fully saturated rings. The number of rotatable bonds is 6. The van der Waals surface area contributed by atoms with Crippen LogP contribution in [0.5, 0.6) is 23.0 Å². The fraction of sp³-hybridized carbons (Fsp3) is 0.435. The van der Waals surface area contributed by atoms with E-state index in [1.165, 1.54) is 12.8 Å². The Bertz CT molecular complexity index is 905. The molecule has 4 rings (SSSR count). The van der Waals surface area contributed by atoms with Crippen molar-refractivity contribution in [3.8, 4) is 23.0 Å². The summed E-state index contributed by atoms with van der Waals surface area (Å²) in [4.78, 5) is 15.2. The first-order valence-corrected chi connectivity index (χ1v) is 10.2. The zero-order valence-electron chi connectivity index (χ0n) is 17.4. The highest BCUT2D eigenvalue weighted by molar-refractivity contribution is 5.95.